The number of halogens is 2. The summed E-state index contributed by atoms with van der Waals surface area (Å²) in [5, 5.41) is 0.216. The van der Waals surface area contributed by atoms with E-state index in [1.807, 2.05) is 0 Å². The highest BCUT2D eigenvalue weighted by Gasteiger charge is 2.06. The van der Waals surface area contributed by atoms with Crippen LogP contribution >= 0.6 is 24.4 Å². The molecule has 0 aliphatic rings. The first-order valence-electron chi connectivity index (χ1n) is 5.83. The van der Waals surface area contributed by atoms with Gasteiger partial charge in [0.1, 0.15) is 0 Å². The molecule has 3 nitrogen and oxygen atoms in total. The standard InChI is InChI=1S/C7H16NOS.C5H13NS.2HI/c1-7(9)10-6-5-8(2,3)4;1-6(2,3)4-5-7;;/h5-6H2,1-4H3;4-5H2,1-3H3;2*1H/q+1;;;/p-1. The normalized spacial score (nSPS) is 10.5. The molecular formula is C12H30I2N2OS2. The Morgan fingerprint density at radius 1 is 0.947 bits per heavy atom. The van der Waals surface area contributed by atoms with Gasteiger partial charge in [-0.25, -0.2) is 0 Å². The van der Waals surface area contributed by atoms with E-state index in [0.29, 0.717) is 0 Å². The van der Waals surface area contributed by atoms with Gasteiger partial charge in [0, 0.05) is 12.7 Å². The highest BCUT2D eigenvalue weighted by Crippen LogP contribution is 2.02. The van der Waals surface area contributed by atoms with E-state index >= 15 is 0 Å². The van der Waals surface area contributed by atoms with Crippen molar-refractivity contribution in [1.29, 1.82) is 0 Å². The van der Waals surface area contributed by atoms with Crippen LogP contribution < -0.4 is 48.0 Å². The lowest BCUT2D eigenvalue weighted by molar-refractivity contribution is -0.867. The van der Waals surface area contributed by atoms with Crippen molar-refractivity contribution in [2.75, 3.05) is 66.9 Å². The lowest BCUT2D eigenvalue weighted by atomic mass is 10.6. The molecule has 0 N–H and O–H groups in total. The van der Waals surface area contributed by atoms with Gasteiger partial charge in [-0.1, -0.05) is 11.8 Å². The van der Waals surface area contributed by atoms with Crippen LogP contribution in [-0.4, -0.2) is 81.0 Å². The van der Waals surface area contributed by atoms with Gasteiger partial charge < -0.3 is 56.9 Å². The summed E-state index contributed by atoms with van der Waals surface area (Å²) in [5.74, 6) is 1.91. The molecule has 120 valence electrons. The molecule has 0 rings (SSSR count). The van der Waals surface area contributed by atoms with E-state index in [1.165, 1.54) is 11.8 Å². The summed E-state index contributed by atoms with van der Waals surface area (Å²) in [6.07, 6.45) is 0. The van der Waals surface area contributed by atoms with Crippen molar-refractivity contribution in [2.24, 2.45) is 0 Å². The summed E-state index contributed by atoms with van der Waals surface area (Å²) < 4.78 is 1.95. The summed E-state index contributed by atoms with van der Waals surface area (Å²) in [6, 6.07) is 0. The fourth-order valence-electron chi connectivity index (χ4n) is 0.763. The predicted molar refractivity (Wildman–Crippen MR) is 82.8 cm³/mol. The zero-order valence-electron chi connectivity index (χ0n) is 13.2. The van der Waals surface area contributed by atoms with Crippen molar-refractivity contribution in [3.8, 4) is 0 Å². The molecule has 19 heavy (non-hydrogen) atoms. The van der Waals surface area contributed by atoms with Crippen molar-refractivity contribution in [3.05, 3.63) is 0 Å². The highest BCUT2D eigenvalue weighted by molar-refractivity contribution is 8.13. The minimum Gasteiger partial charge on any atom is -1.00 e. The number of quaternary nitrogens is 2. The molecule has 0 heterocycles. The van der Waals surface area contributed by atoms with Crippen LogP contribution in [0.1, 0.15) is 6.92 Å². The maximum absolute atomic E-state index is 10.5. The molecule has 7 heteroatoms. The summed E-state index contributed by atoms with van der Waals surface area (Å²) in [6.45, 7) is 3.80. The zero-order valence-corrected chi connectivity index (χ0v) is 19.3. The average Bonchev–Trinajstić information content (AvgIpc) is 1.98. The fourth-order valence-corrected chi connectivity index (χ4v) is 2.29. The Kier molecular flexibility index (Phi) is 22.3. The van der Waals surface area contributed by atoms with Gasteiger partial charge in [0.05, 0.1) is 61.1 Å². The minimum absolute atomic E-state index is 0. The Morgan fingerprint density at radius 3 is 1.47 bits per heavy atom. The third kappa shape index (κ3) is 38.3. The minimum atomic E-state index is 0. The van der Waals surface area contributed by atoms with E-state index in [-0.39, 0.29) is 53.1 Å². The quantitative estimate of drug-likeness (QED) is 0.218. The maximum atomic E-state index is 10.5. The van der Waals surface area contributed by atoms with Gasteiger partial charge in [0.2, 0.25) is 0 Å². The molecule has 0 aliphatic heterocycles. The van der Waals surface area contributed by atoms with Crippen LogP contribution in [0.5, 0.6) is 0 Å². The van der Waals surface area contributed by atoms with Crippen molar-refractivity contribution in [3.63, 3.8) is 0 Å². The third-order valence-corrected chi connectivity index (χ3v) is 2.83. The van der Waals surface area contributed by atoms with Crippen LogP contribution in [-0.2, 0) is 4.79 Å². The number of carbonyl (C=O) groups excluding carboxylic acids is 1. The van der Waals surface area contributed by atoms with Crippen LogP contribution in [0, 0.1) is 0 Å². The SMILES string of the molecule is CC(=O)SCC[N+](C)(C)C.C[N+](C)(C)CCS.[I-].[I-]. The first-order chi connectivity index (χ1) is 7.48. The molecule has 0 bridgehead atoms. The van der Waals surface area contributed by atoms with Crippen molar-refractivity contribution >= 4 is 29.5 Å². The first kappa shape index (κ1) is 28.8. The Morgan fingerprint density at radius 2 is 1.32 bits per heavy atom. The van der Waals surface area contributed by atoms with E-state index in [9.17, 15) is 4.79 Å². The molecule has 0 radical (unpaired) electrons. The number of rotatable bonds is 5. The monoisotopic (exact) mass is 536 g/mol. The summed E-state index contributed by atoms with van der Waals surface area (Å²) in [5.41, 5.74) is 0. The van der Waals surface area contributed by atoms with Crippen molar-refractivity contribution in [1.82, 2.24) is 0 Å². The summed E-state index contributed by atoms with van der Waals surface area (Å²) in [7, 11) is 12.9. The Bertz CT molecular complexity index is 217. The van der Waals surface area contributed by atoms with E-state index in [4.69, 9.17) is 0 Å². The van der Waals surface area contributed by atoms with Crippen molar-refractivity contribution in [2.45, 2.75) is 6.92 Å². The number of carbonyl (C=O) groups is 1. The highest BCUT2D eigenvalue weighted by atomic mass is 127. The number of nitrogens with zero attached hydrogens (tertiary/aromatic N) is 2. The maximum Gasteiger partial charge on any atom is 0.186 e. The average molecular weight is 536 g/mol. The number of thioether (sulfide) groups is 1. The van der Waals surface area contributed by atoms with Crippen LogP contribution in [0.2, 0.25) is 0 Å². The van der Waals surface area contributed by atoms with Gasteiger partial charge >= 0.3 is 0 Å². The smallest absolute Gasteiger partial charge is 0.186 e. The van der Waals surface area contributed by atoms with Crippen LogP contribution in [0.3, 0.4) is 0 Å². The number of hydrogen-bond acceptors (Lipinski definition) is 3. The Hall–Kier alpha value is 1.75. The summed E-state index contributed by atoms with van der Waals surface area (Å²) >= 11 is 5.50. The second-order valence-corrected chi connectivity index (χ2v) is 7.81. The van der Waals surface area contributed by atoms with Gasteiger partial charge in [0.25, 0.3) is 0 Å². The van der Waals surface area contributed by atoms with E-state index < -0.39 is 0 Å². The Balaban J connectivity index is -0.000000112. The van der Waals surface area contributed by atoms with E-state index in [0.717, 1.165) is 33.6 Å². The number of thiol groups is 1. The largest absolute Gasteiger partial charge is 1.00 e. The van der Waals surface area contributed by atoms with Crippen LogP contribution in [0.15, 0.2) is 0 Å². The Labute approximate surface area is 163 Å². The zero-order chi connectivity index (χ0) is 14.1. The van der Waals surface area contributed by atoms with E-state index in [2.05, 4.69) is 54.9 Å². The lowest BCUT2D eigenvalue weighted by Crippen LogP contribution is -3.00. The molecule has 0 fully saturated rings. The molecule has 0 amide bonds. The molecule has 0 saturated heterocycles. The molecule has 0 spiro atoms. The molecule has 0 atom stereocenters. The van der Waals surface area contributed by atoms with E-state index in [1.54, 1.807) is 6.92 Å². The van der Waals surface area contributed by atoms with Gasteiger partial charge in [-0.2, -0.15) is 12.6 Å². The second kappa shape index (κ2) is 14.7. The summed E-state index contributed by atoms with van der Waals surface area (Å²) in [4.78, 5) is 10.5. The predicted octanol–water partition coefficient (Wildman–Crippen LogP) is -4.40. The van der Waals surface area contributed by atoms with Gasteiger partial charge in [0.15, 0.2) is 5.12 Å². The molecule has 0 unspecified atom stereocenters. The molecule has 0 aromatic carbocycles. The molecular weight excluding hydrogens is 506 g/mol. The molecule has 0 saturated carbocycles. The third-order valence-electron chi connectivity index (χ3n) is 1.84. The first-order valence-corrected chi connectivity index (χ1v) is 7.45. The molecule has 0 aliphatic carbocycles. The van der Waals surface area contributed by atoms with Gasteiger partial charge in [-0.3, -0.25) is 4.79 Å². The molecule has 0 aromatic rings. The topological polar surface area (TPSA) is 17.1 Å². The van der Waals surface area contributed by atoms with Crippen LogP contribution in [0.25, 0.3) is 0 Å². The number of hydrogen-bond donors (Lipinski definition) is 1. The second-order valence-electron chi connectivity index (χ2n) is 6.09. The fraction of sp³-hybridized carbons (Fsp3) is 0.917. The van der Waals surface area contributed by atoms with Gasteiger partial charge in [-0.15, -0.1) is 0 Å². The van der Waals surface area contributed by atoms with Gasteiger partial charge in [-0.05, 0) is 0 Å². The van der Waals surface area contributed by atoms with Crippen molar-refractivity contribution < 1.29 is 61.7 Å². The molecule has 0 aromatic heterocycles. The van der Waals surface area contributed by atoms with Crippen LogP contribution in [0.4, 0.5) is 0 Å². The lowest BCUT2D eigenvalue weighted by Gasteiger charge is -2.22.